The summed E-state index contributed by atoms with van der Waals surface area (Å²) in [4.78, 5) is 14.1. The molecule has 1 heterocycles. The van der Waals surface area contributed by atoms with E-state index in [1.807, 2.05) is 0 Å². The molecule has 0 amide bonds. The summed E-state index contributed by atoms with van der Waals surface area (Å²) in [5, 5.41) is 0. The van der Waals surface area contributed by atoms with Crippen molar-refractivity contribution in [3.63, 3.8) is 0 Å². The Morgan fingerprint density at radius 3 is 2.50 bits per heavy atom. The molecule has 0 saturated carbocycles. The van der Waals surface area contributed by atoms with Crippen LogP contribution in [0.1, 0.15) is 15.9 Å². The standard InChI is InChI=1S/C9H8F3NO3/c1-5-6(4-14)7(15-2)3-13-8(5)16-9(10,11)12/h3-4H,1-2H3. The van der Waals surface area contributed by atoms with Crippen LogP contribution in [0, 0.1) is 6.92 Å². The maximum Gasteiger partial charge on any atom is 0.574 e. The molecule has 1 aromatic rings. The van der Waals surface area contributed by atoms with Gasteiger partial charge in [0.1, 0.15) is 5.75 Å². The minimum atomic E-state index is -4.84. The van der Waals surface area contributed by atoms with E-state index in [2.05, 4.69) is 9.72 Å². The molecule has 0 atom stereocenters. The largest absolute Gasteiger partial charge is 0.574 e. The fourth-order valence-corrected chi connectivity index (χ4v) is 1.11. The molecule has 0 aliphatic rings. The van der Waals surface area contributed by atoms with Crippen LogP contribution in [0.2, 0.25) is 0 Å². The Labute approximate surface area is 89.0 Å². The molecule has 1 rings (SSSR count). The Hall–Kier alpha value is -1.79. The number of ether oxygens (including phenoxy) is 2. The minimum Gasteiger partial charge on any atom is -0.494 e. The van der Waals surface area contributed by atoms with Crippen LogP contribution in [-0.4, -0.2) is 24.7 Å². The van der Waals surface area contributed by atoms with Gasteiger partial charge in [-0.2, -0.15) is 0 Å². The average Bonchev–Trinajstić information content (AvgIpc) is 2.19. The lowest BCUT2D eigenvalue weighted by atomic mass is 10.1. The van der Waals surface area contributed by atoms with Crippen molar-refractivity contribution in [3.05, 3.63) is 17.3 Å². The van der Waals surface area contributed by atoms with Crippen molar-refractivity contribution >= 4 is 6.29 Å². The average molecular weight is 235 g/mol. The molecule has 0 unspecified atom stereocenters. The number of hydrogen-bond acceptors (Lipinski definition) is 4. The predicted molar refractivity (Wildman–Crippen MR) is 47.6 cm³/mol. The van der Waals surface area contributed by atoms with Crippen LogP contribution < -0.4 is 9.47 Å². The summed E-state index contributed by atoms with van der Waals surface area (Å²) in [5.41, 5.74) is -0.0385. The number of carbonyl (C=O) groups excluding carboxylic acids is 1. The molecular formula is C9H8F3NO3. The number of rotatable bonds is 3. The number of halogens is 3. The molecular weight excluding hydrogens is 227 g/mol. The second kappa shape index (κ2) is 4.38. The van der Waals surface area contributed by atoms with Crippen LogP contribution in [0.4, 0.5) is 13.2 Å². The second-order valence-electron chi connectivity index (χ2n) is 2.84. The topological polar surface area (TPSA) is 48.4 Å². The van der Waals surface area contributed by atoms with Crippen LogP contribution in [0.15, 0.2) is 6.20 Å². The van der Waals surface area contributed by atoms with E-state index in [4.69, 9.17) is 4.74 Å². The quantitative estimate of drug-likeness (QED) is 0.753. The molecule has 0 fully saturated rings. The van der Waals surface area contributed by atoms with Crippen molar-refractivity contribution in [3.8, 4) is 11.6 Å². The van der Waals surface area contributed by atoms with E-state index in [0.717, 1.165) is 6.20 Å². The number of aromatic nitrogens is 1. The van der Waals surface area contributed by atoms with Crippen LogP contribution in [-0.2, 0) is 0 Å². The summed E-state index contributed by atoms with van der Waals surface area (Å²) in [6.07, 6.45) is -3.45. The van der Waals surface area contributed by atoms with E-state index in [-0.39, 0.29) is 16.9 Å². The van der Waals surface area contributed by atoms with Crippen LogP contribution in [0.5, 0.6) is 11.6 Å². The summed E-state index contributed by atoms with van der Waals surface area (Å²) >= 11 is 0. The fourth-order valence-electron chi connectivity index (χ4n) is 1.11. The zero-order valence-corrected chi connectivity index (χ0v) is 8.46. The zero-order chi connectivity index (χ0) is 12.3. The van der Waals surface area contributed by atoms with Gasteiger partial charge >= 0.3 is 6.36 Å². The van der Waals surface area contributed by atoms with Gasteiger partial charge in [-0.15, -0.1) is 13.2 Å². The van der Waals surface area contributed by atoms with Crippen LogP contribution >= 0.6 is 0 Å². The molecule has 0 N–H and O–H groups in total. The van der Waals surface area contributed by atoms with Gasteiger partial charge in [-0.25, -0.2) is 4.98 Å². The smallest absolute Gasteiger partial charge is 0.494 e. The van der Waals surface area contributed by atoms with E-state index in [1.165, 1.54) is 14.0 Å². The normalized spacial score (nSPS) is 11.1. The molecule has 1 aromatic heterocycles. The Morgan fingerprint density at radius 2 is 2.06 bits per heavy atom. The number of alkyl halides is 3. The molecule has 4 nitrogen and oxygen atoms in total. The lowest BCUT2D eigenvalue weighted by Gasteiger charge is -2.12. The van der Waals surface area contributed by atoms with E-state index in [9.17, 15) is 18.0 Å². The Bertz CT molecular complexity index is 404. The lowest BCUT2D eigenvalue weighted by molar-refractivity contribution is -0.276. The van der Waals surface area contributed by atoms with Crippen molar-refractivity contribution < 1.29 is 27.4 Å². The van der Waals surface area contributed by atoms with E-state index in [0.29, 0.717) is 6.29 Å². The van der Waals surface area contributed by atoms with Gasteiger partial charge in [-0.05, 0) is 6.92 Å². The van der Waals surface area contributed by atoms with Gasteiger partial charge in [0, 0.05) is 5.56 Å². The first-order valence-electron chi connectivity index (χ1n) is 4.13. The highest BCUT2D eigenvalue weighted by molar-refractivity contribution is 5.82. The molecule has 7 heteroatoms. The number of nitrogens with zero attached hydrogens (tertiary/aromatic N) is 1. The lowest BCUT2D eigenvalue weighted by Crippen LogP contribution is -2.19. The first kappa shape index (κ1) is 12.3. The zero-order valence-electron chi connectivity index (χ0n) is 8.46. The number of carbonyl (C=O) groups is 1. The van der Waals surface area contributed by atoms with Crippen molar-refractivity contribution in [2.75, 3.05) is 7.11 Å². The highest BCUT2D eigenvalue weighted by atomic mass is 19.4. The van der Waals surface area contributed by atoms with E-state index in [1.54, 1.807) is 0 Å². The summed E-state index contributed by atoms with van der Waals surface area (Å²) in [5.74, 6) is -0.558. The molecule has 0 aliphatic carbocycles. The maximum atomic E-state index is 12.0. The summed E-state index contributed by atoms with van der Waals surface area (Å²) < 4.78 is 44.3. The Kier molecular flexibility index (Phi) is 3.36. The monoisotopic (exact) mass is 235 g/mol. The molecule has 0 spiro atoms. The SMILES string of the molecule is COc1cnc(OC(F)(F)F)c(C)c1C=O. The van der Waals surface area contributed by atoms with E-state index >= 15 is 0 Å². The minimum absolute atomic E-state index is 0.0169. The number of methoxy groups -OCH3 is 1. The molecule has 0 saturated heterocycles. The second-order valence-corrected chi connectivity index (χ2v) is 2.84. The van der Waals surface area contributed by atoms with Gasteiger partial charge < -0.3 is 9.47 Å². The first-order valence-corrected chi connectivity index (χ1v) is 4.13. The first-order chi connectivity index (χ1) is 7.39. The van der Waals surface area contributed by atoms with Crippen molar-refractivity contribution in [2.45, 2.75) is 13.3 Å². The third-order valence-corrected chi connectivity index (χ3v) is 1.84. The van der Waals surface area contributed by atoms with Crippen molar-refractivity contribution in [1.82, 2.24) is 4.98 Å². The summed E-state index contributed by atoms with van der Waals surface area (Å²) in [6.45, 7) is 1.29. The van der Waals surface area contributed by atoms with Crippen molar-refractivity contribution in [1.29, 1.82) is 0 Å². The molecule has 0 aliphatic heterocycles. The number of aldehydes is 1. The fraction of sp³-hybridized carbons (Fsp3) is 0.333. The number of pyridine rings is 1. The highest BCUT2D eigenvalue weighted by Crippen LogP contribution is 2.29. The number of hydrogen-bond donors (Lipinski definition) is 0. The van der Waals surface area contributed by atoms with Gasteiger partial charge in [0.25, 0.3) is 0 Å². The molecule has 0 aromatic carbocycles. The van der Waals surface area contributed by atoms with Gasteiger partial charge in [-0.1, -0.05) is 0 Å². The van der Waals surface area contributed by atoms with Gasteiger partial charge in [0.2, 0.25) is 5.88 Å². The highest BCUT2D eigenvalue weighted by Gasteiger charge is 2.33. The third kappa shape index (κ3) is 2.62. The van der Waals surface area contributed by atoms with E-state index < -0.39 is 12.2 Å². The van der Waals surface area contributed by atoms with Gasteiger partial charge in [0.15, 0.2) is 6.29 Å². The third-order valence-electron chi connectivity index (χ3n) is 1.84. The summed E-state index contributed by atoms with van der Waals surface area (Å²) in [6, 6.07) is 0. The van der Waals surface area contributed by atoms with Gasteiger partial charge in [-0.3, -0.25) is 4.79 Å². The van der Waals surface area contributed by atoms with Gasteiger partial charge in [0.05, 0.1) is 18.9 Å². The Morgan fingerprint density at radius 1 is 1.44 bits per heavy atom. The van der Waals surface area contributed by atoms with Crippen molar-refractivity contribution in [2.24, 2.45) is 0 Å². The Balaban J connectivity index is 3.19. The van der Waals surface area contributed by atoms with Crippen LogP contribution in [0.25, 0.3) is 0 Å². The van der Waals surface area contributed by atoms with Crippen LogP contribution in [0.3, 0.4) is 0 Å². The molecule has 16 heavy (non-hydrogen) atoms. The predicted octanol–water partition coefficient (Wildman–Crippen LogP) is 2.11. The molecule has 88 valence electrons. The molecule has 0 bridgehead atoms. The maximum absolute atomic E-state index is 12.0. The molecule has 0 radical (unpaired) electrons. The summed E-state index contributed by atoms with van der Waals surface area (Å²) in [7, 11) is 1.29.